The van der Waals surface area contributed by atoms with Crippen molar-refractivity contribution in [2.24, 2.45) is 5.92 Å². The van der Waals surface area contributed by atoms with Gasteiger partial charge in [0.1, 0.15) is 5.76 Å². The van der Waals surface area contributed by atoms with Gasteiger partial charge in [0.15, 0.2) is 5.76 Å². The summed E-state index contributed by atoms with van der Waals surface area (Å²) >= 11 is 0. The molecule has 5 heterocycles. The lowest BCUT2D eigenvalue weighted by Crippen LogP contribution is -2.62. The van der Waals surface area contributed by atoms with E-state index in [1.807, 2.05) is 18.2 Å². The number of rotatable bonds is 4. The zero-order valence-corrected chi connectivity index (χ0v) is 17.0. The highest BCUT2D eigenvalue weighted by molar-refractivity contribution is 5.92. The van der Waals surface area contributed by atoms with Gasteiger partial charge in [0.25, 0.3) is 5.91 Å². The number of fused-ring (bicyclic) bond motifs is 3. The summed E-state index contributed by atoms with van der Waals surface area (Å²) in [5.74, 6) is 1.60. The lowest BCUT2D eigenvalue weighted by atomic mass is 9.79. The molecule has 1 aromatic carbocycles. The fourth-order valence-corrected chi connectivity index (χ4v) is 5.13. The molecular weight excluding hydrogens is 366 g/mol. The Morgan fingerprint density at radius 3 is 2.55 bits per heavy atom. The molecule has 2 aromatic rings. The minimum Gasteiger partial charge on any atom is -0.451 e. The molecule has 0 saturated carbocycles. The molecule has 4 aliphatic rings. The van der Waals surface area contributed by atoms with Crippen molar-refractivity contribution in [3.63, 3.8) is 0 Å². The third-order valence-electron chi connectivity index (χ3n) is 6.83. The average Bonchev–Trinajstić information content (AvgIpc) is 3.27. The third kappa shape index (κ3) is 3.55. The Bertz CT molecular complexity index is 864. The van der Waals surface area contributed by atoms with Crippen LogP contribution < -0.4 is 10.2 Å². The number of carbonyl (C=O) groups excluding carboxylic acids is 1. The number of nitrogens with one attached hydrogen (secondary N) is 1. The van der Waals surface area contributed by atoms with Gasteiger partial charge in [-0.1, -0.05) is 12.1 Å². The molecule has 6 nitrogen and oxygen atoms in total. The van der Waals surface area contributed by atoms with E-state index in [1.165, 1.54) is 12.8 Å². The highest BCUT2D eigenvalue weighted by Crippen LogP contribution is 2.34. The average molecular weight is 396 g/mol. The van der Waals surface area contributed by atoms with Crippen LogP contribution in [0.1, 0.15) is 30.3 Å². The summed E-state index contributed by atoms with van der Waals surface area (Å²) in [7, 11) is 0. The third-order valence-corrected chi connectivity index (χ3v) is 6.83. The Labute approximate surface area is 171 Å². The molecule has 0 radical (unpaired) electrons. The van der Waals surface area contributed by atoms with Crippen molar-refractivity contribution < 1.29 is 13.9 Å². The lowest BCUT2D eigenvalue weighted by Gasteiger charge is -2.49. The van der Waals surface area contributed by atoms with Gasteiger partial charge in [-0.2, -0.15) is 0 Å². The van der Waals surface area contributed by atoms with E-state index < -0.39 is 0 Å². The molecular formula is C23H29N3O3. The molecule has 6 rings (SSSR count). The standard InChI is InChI=1S/C23H29N3O3/c1-16-22(17-8-10-25(16)11-9-17)24-23(27)21-7-6-20(29-21)18-4-2-3-5-19(18)26-12-14-28-15-13-26/h2-7,16-17,22H,8-15H2,1H3,(H,24,27)/t16-,22-/m0/s1. The first-order valence-electron chi connectivity index (χ1n) is 10.8. The zero-order valence-electron chi connectivity index (χ0n) is 17.0. The van der Waals surface area contributed by atoms with Gasteiger partial charge in [-0.3, -0.25) is 9.69 Å². The molecule has 0 spiro atoms. The van der Waals surface area contributed by atoms with Gasteiger partial charge < -0.3 is 19.4 Å². The summed E-state index contributed by atoms with van der Waals surface area (Å²) in [6.45, 7) is 7.73. The Morgan fingerprint density at radius 2 is 1.79 bits per heavy atom. The molecule has 0 unspecified atom stereocenters. The van der Waals surface area contributed by atoms with Gasteiger partial charge in [0.05, 0.1) is 13.2 Å². The Kier molecular flexibility index (Phi) is 5.06. The molecule has 6 heteroatoms. The first-order valence-corrected chi connectivity index (χ1v) is 10.8. The fraction of sp³-hybridized carbons (Fsp3) is 0.522. The van der Waals surface area contributed by atoms with E-state index in [9.17, 15) is 4.79 Å². The van der Waals surface area contributed by atoms with Crippen LogP contribution in [0.5, 0.6) is 0 Å². The number of morpholine rings is 1. The molecule has 4 fully saturated rings. The highest BCUT2D eigenvalue weighted by Gasteiger charge is 2.40. The number of benzene rings is 1. The minimum atomic E-state index is -0.106. The van der Waals surface area contributed by atoms with Gasteiger partial charge in [-0.05, 0) is 63.0 Å². The first-order chi connectivity index (χ1) is 14.2. The minimum absolute atomic E-state index is 0.106. The van der Waals surface area contributed by atoms with Crippen LogP contribution in [0.25, 0.3) is 11.3 Å². The van der Waals surface area contributed by atoms with Crippen LogP contribution in [0.3, 0.4) is 0 Å². The van der Waals surface area contributed by atoms with Crippen molar-refractivity contribution in [2.75, 3.05) is 44.3 Å². The highest BCUT2D eigenvalue weighted by atomic mass is 16.5. The molecule has 29 heavy (non-hydrogen) atoms. The second-order valence-electron chi connectivity index (χ2n) is 8.39. The number of furan rings is 1. The van der Waals surface area contributed by atoms with Crippen LogP contribution in [0.2, 0.25) is 0 Å². The van der Waals surface area contributed by atoms with Gasteiger partial charge in [0.2, 0.25) is 0 Å². The number of hydrogen-bond donors (Lipinski definition) is 1. The maximum atomic E-state index is 12.9. The molecule has 4 aliphatic heterocycles. The molecule has 0 aliphatic carbocycles. The molecule has 1 amide bonds. The number of piperidine rings is 3. The molecule has 2 bridgehead atoms. The largest absolute Gasteiger partial charge is 0.451 e. The van der Waals surface area contributed by atoms with Crippen LogP contribution in [-0.4, -0.2) is 62.3 Å². The zero-order chi connectivity index (χ0) is 19.8. The number of carbonyl (C=O) groups is 1. The smallest absolute Gasteiger partial charge is 0.287 e. The number of nitrogens with zero attached hydrogens (tertiary/aromatic N) is 2. The van der Waals surface area contributed by atoms with E-state index in [0.717, 1.165) is 56.4 Å². The van der Waals surface area contributed by atoms with Crippen molar-refractivity contribution in [1.29, 1.82) is 0 Å². The van der Waals surface area contributed by atoms with Crippen molar-refractivity contribution >= 4 is 11.6 Å². The number of para-hydroxylation sites is 1. The van der Waals surface area contributed by atoms with E-state index in [0.29, 0.717) is 17.7 Å². The molecule has 154 valence electrons. The molecule has 2 atom stereocenters. The van der Waals surface area contributed by atoms with Crippen LogP contribution in [0.4, 0.5) is 5.69 Å². The van der Waals surface area contributed by atoms with E-state index >= 15 is 0 Å². The van der Waals surface area contributed by atoms with Gasteiger partial charge in [0, 0.05) is 36.4 Å². The molecule has 4 saturated heterocycles. The van der Waals surface area contributed by atoms with Crippen LogP contribution in [0.15, 0.2) is 40.8 Å². The number of anilines is 1. The van der Waals surface area contributed by atoms with Crippen LogP contribution in [-0.2, 0) is 4.74 Å². The van der Waals surface area contributed by atoms with Gasteiger partial charge in [-0.25, -0.2) is 0 Å². The monoisotopic (exact) mass is 395 g/mol. The normalized spacial score (nSPS) is 29.1. The number of hydrogen-bond acceptors (Lipinski definition) is 5. The van der Waals surface area contributed by atoms with Crippen molar-refractivity contribution in [1.82, 2.24) is 10.2 Å². The predicted molar refractivity (Wildman–Crippen MR) is 112 cm³/mol. The predicted octanol–water partition coefficient (Wildman–Crippen LogP) is 3.00. The van der Waals surface area contributed by atoms with Gasteiger partial charge >= 0.3 is 0 Å². The fourth-order valence-electron chi connectivity index (χ4n) is 5.13. The quantitative estimate of drug-likeness (QED) is 0.863. The lowest BCUT2D eigenvalue weighted by molar-refractivity contribution is 0.0211. The number of ether oxygens (including phenoxy) is 1. The summed E-state index contributed by atoms with van der Waals surface area (Å²) in [6.07, 6.45) is 2.34. The maximum absolute atomic E-state index is 12.9. The second-order valence-corrected chi connectivity index (χ2v) is 8.39. The summed E-state index contributed by atoms with van der Waals surface area (Å²) in [6, 6.07) is 12.5. The topological polar surface area (TPSA) is 58.0 Å². The van der Waals surface area contributed by atoms with Crippen LogP contribution >= 0.6 is 0 Å². The van der Waals surface area contributed by atoms with Gasteiger partial charge in [-0.15, -0.1) is 0 Å². The summed E-state index contributed by atoms with van der Waals surface area (Å²) in [5.41, 5.74) is 2.15. The van der Waals surface area contributed by atoms with E-state index in [1.54, 1.807) is 6.07 Å². The summed E-state index contributed by atoms with van der Waals surface area (Å²) < 4.78 is 11.5. The SMILES string of the molecule is C[C@H]1[C@H](NC(=O)c2ccc(-c3ccccc3N3CCOCC3)o2)C2CCN1CC2. The van der Waals surface area contributed by atoms with Crippen LogP contribution in [0, 0.1) is 5.92 Å². The Balaban J connectivity index is 1.34. The second kappa shape index (κ2) is 7.84. The van der Waals surface area contributed by atoms with E-state index in [4.69, 9.17) is 9.15 Å². The summed E-state index contributed by atoms with van der Waals surface area (Å²) in [4.78, 5) is 17.7. The maximum Gasteiger partial charge on any atom is 0.287 e. The first kappa shape index (κ1) is 18.7. The van der Waals surface area contributed by atoms with E-state index in [-0.39, 0.29) is 11.9 Å². The Morgan fingerprint density at radius 1 is 1.03 bits per heavy atom. The number of amides is 1. The summed E-state index contributed by atoms with van der Waals surface area (Å²) in [5, 5.41) is 3.26. The van der Waals surface area contributed by atoms with Crippen molar-refractivity contribution in [3.05, 3.63) is 42.2 Å². The van der Waals surface area contributed by atoms with Crippen molar-refractivity contribution in [3.8, 4) is 11.3 Å². The Hall–Kier alpha value is -2.31. The van der Waals surface area contributed by atoms with E-state index in [2.05, 4.69) is 34.2 Å². The van der Waals surface area contributed by atoms with Crippen molar-refractivity contribution in [2.45, 2.75) is 31.8 Å². The molecule has 1 N–H and O–H groups in total. The molecule has 1 aromatic heterocycles.